The number of halogens is 1. The van der Waals surface area contributed by atoms with Crippen molar-refractivity contribution in [1.29, 1.82) is 0 Å². The minimum Gasteiger partial charge on any atom is -0.348 e. The van der Waals surface area contributed by atoms with Gasteiger partial charge < -0.3 is 5.32 Å². The molecule has 34 heavy (non-hydrogen) atoms. The zero-order chi connectivity index (χ0) is 23.9. The lowest BCUT2D eigenvalue weighted by atomic mass is 10.1. The van der Waals surface area contributed by atoms with Crippen molar-refractivity contribution >= 4 is 39.1 Å². The molecule has 1 atom stereocenters. The number of sulfone groups is 1. The number of benzene rings is 2. The molecule has 0 saturated carbocycles. The number of carbonyl (C=O) groups excluding carboxylic acids is 2. The zero-order valence-corrected chi connectivity index (χ0v) is 19.8. The molecule has 1 fully saturated rings. The van der Waals surface area contributed by atoms with E-state index < -0.39 is 9.84 Å². The number of fused-ring (bicyclic) bond motifs is 1. The number of hydrogen-bond acceptors (Lipinski definition) is 5. The molecule has 0 radical (unpaired) electrons. The smallest absolute Gasteiger partial charge is 0.251 e. The summed E-state index contributed by atoms with van der Waals surface area (Å²) in [7, 11) is -3.06. The molecule has 0 unspecified atom stereocenters. The molecular formula is C24H23ClN4O4S. The fraction of sp³-hybridized carbons (Fsp3) is 0.292. The van der Waals surface area contributed by atoms with E-state index in [0.717, 1.165) is 22.6 Å². The van der Waals surface area contributed by atoms with Gasteiger partial charge >= 0.3 is 0 Å². The number of aryl methyl sites for hydroxylation is 1. The third-order valence-corrected chi connectivity index (χ3v) is 8.16. The van der Waals surface area contributed by atoms with Crippen molar-refractivity contribution in [3.05, 3.63) is 70.7 Å². The summed E-state index contributed by atoms with van der Waals surface area (Å²) in [6, 6.07) is 16.0. The van der Waals surface area contributed by atoms with Gasteiger partial charge in [0.2, 0.25) is 5.91 Å². The fourth-order valence-corrected chi connectivity index (χ4v) is 6.10. The quantitative estimate of drug-likeness (QED) is 0.582. The van der Waals surface area contributed by atoms with Crippen LogP contribution >= 0.6 is 11.6 Å². The van der Waals surface area contributed by atoms with Crippen LogP contribution < -0.4 is 10.2 Å². The number of nitrogens with zero attached hydrogens (tertiary/aromatic N) is 3. The molecule has 2 aromatic carbocycles. The standard InChI is InChI=1S/C24H23ClN4O4S/c25-19-7-5-17(6-8-19)21-13-22-28(23(30)9-11-29(22)27-21)14-16-1-3-18(4-2-16)24(31)26-20-10-12-34(32,33)15-20/h1-8,13,20H,9-12,14-15H2,(H,26,31)/t20-/m0/s1. The number of aromatic nitrogens is 2. The summed E-state index contributed by atoms with van der Waals surface area (Å²) in [5.41, 5.74) is 3.01. The molecule has 3 aromatic rings. The monoisotopic (exact) mass is 498 g/mol. The van der Waals surface area contributed by atoms with Gasteiger partial charge in [0, 0.05) is 34.7 Å². The first kappa shape index (κ1) is 22.6. The van der Waals surface area contributed by atoms with Gasteiger partial charge in [-0.1, -0.05) is 35.9 Å². The molecule has 10 heteroatoms. The van der Waals surface area contributed by atoms with Crippen molar-refractivity contribution in [2.45, 2.75) is 32.0 Å². The lowest BCUT2D eigenvalue weighted by Gasteiger charge is -2.27. The van der Waals surface area contributed by atoms with Gasteiger partial charge in [0.1, 0.15) is 5.82 Å². The van der Waals surface area contributed by atoms with Crippen LogP contribution in [-0.2, 0) is 27.7 Å². The molecule has 1 N–H and O–H groups in total. The first-order valence-electron chi connectivity index (χ1n) is 11.0. The predicted molar refractivity (Wildman–Crippen MR) is 129 cm³/mol. The van der Waals surface area contributed by atoms with Gasteiger partial charge in [-0.05, 0) is 36.2 Å². The third-order valence-electron chi connectivity index (χ3n) is 6.14. The van der Waals surface area contributed by atoms with Crippen molar-refractivity contribution in [2.24, 2.45) is 0 Å². The Labute approximate surface area is 202 Å². The van der Waals surface area contributed by atoms with Crippen LogP contribution in [0.2, 0.25) is 5.02 Å². The number of hydrogen-bond donors (Lipinski definition) is 1. The Hall–Kier alpha value is -3.17. The van der Waals surface area contributed by atoms with Gasteiger partial charge in [-0.25, -0.2) is 13.1 Å². The molecule has 2 aliphatic rings. The largest absolute Gasteiger partial charge is 0.348 e. The lowest BCUT2D eigenvalue weighted by Crippen LogP contribution is -2.37. The number of rotatable bonds is 5. The SMILES string of the molecule is O=C(N[C@H]1CCS(=O)(=O)C1)c1ccc(CN2C(=O)CCn3nc(-c4ccc(Cl)cc4)cc32)cc1. The van der Waals surface area contributed by atoms with E-state index in [0.29, 0.717) is 36.5 Å². The Kier molecular flexibility index (Phi) is 5.91. The van der Waals surface area contributed by atoms with Gasteiger partial charge in [0.15, 0.2) is 9.84 Å². The maximum atomic E-state index is 12.7. The van der Waals surface area contributed by atoms with Crippen LogP contribution in [0.5, 0.6) is 0 Å². The molecule has 0 spiro atoms. The average molecular weight is 499 g/mol. The molecule has 5 rings (SSSR count). The third kappa shape index (κ3) is 4.71. The van der Waals surface area contributed by atoms with E-state index in [1.165, 1.54) is 0 Å². The summed E-state index contributed by atoms with van der Waals surface area (Å²) in [6.07, 6.45) is 0.800. The number of anilines is 1. The second-order valence-electron chi connectivity index (χ2n) is 8.62. The zero-order valence-electron chi connectivity index (χ0n) is 18.3. The fourth-order valence-electron chi connectivity index (χ4n) is 4.31. The Morgan fingerprint density at radius 2 is 1.85 bits per heavy atom. The molecule has 8 nitrogen and oxygen atoms in total. The van der Waals surface area contributed by atoms with Crippen molar-refractivity contribution in [3.8, 4) is 11.3 Å². The molecule has 176 valence electrons. The van der Waals surface area contributed by atoms with Gasteiger partial charge in [-0.2, -0.15) is 5.10 Å². The van der Waals surface area contributed by atoms with Gasteiger partial charge in [-0.15, -0.1) is 0 Å². The van der Waals surface area contributed by atoms with E-state index in [9.17, 15) is 18.0 Å². The average Bonchev–Trinajstić information content (AvgIpc) is 3.39. The second kappa shape index (κ2) is 8.88. The highest BCUT2D eigenvalue weighted by Gasteiger charge is 2.29. The normalized spacial score (nSPS) is 19.1. The van der Waals surface area contributed by atoms with Crippen LogP contribution in [0.1, 0.15) is 28.8 Å². The molecule has 3 heterocycles. The molecule has 1 aromatic heterocycles. The van der Waals surface area contributed by atoms with Gasteiger partial charge in [0.05, 0.1) is 30.3 Å². The van der Waals surface area contributed by atoms with E-state index in [4.69, 9.17) is 11.6 Å². The van der Waals surface area contributed by atoms with E-state index in [2.05, 4.69) is 10.4 Å². The van der Waals surface area contributed by atoms with Crippen molar-refractivity contribution < 1.29 is 18.0 Å². The molecule has 0 aliphatic carbocycles. The Bertz CT molecular complexity index is 1350. The summed E-state index contributed by atoms with van der Waals surface area (Å²) in [6.45, 7) is 0.877. The van der Waals surface area contributed by atoms with Crippen LogP contribution in [0.4, 0.5) is 5.82 Å². The Morgan fingerprint density at radius 3 is 2.53 bits per heavy atom. The molecule has 0 bridgehead atoms. The minimum atomic E-state index is -3.06. The number of amides is 2. The van der Waals surface area contributed by atoms with Crippen molar-refractivity contribution in [3.63, 3.8) is 0 Å². The van der Waals surface area contributed by atoms with E-state index in [1.807, 2.05) is 47.1 Å². The first-order valence-corrected chi connectivity index (χ1v) is 13.2. The predicted octanol–water partition coefficient (Wildman–Crippen LogP) is 3.06. The summed E-state index contributed by atoms with van der Waals surface area (Å²) >= 11 is 5.99. The molecular weight excluding hydrogens is 476 g/mol. The minimum absolute atomic E-state index is 0.0133. The summed E-state index contributed by atoms with van der Waals surface area (Å²) in [4.78, 5) is 26.9. The summed E-state index contributed by atoms with van der Waals surface area (Å²) in [5, 5.41) is 8.10. The van der Waals surface area contributed by atoms with Gasteiger partial charge in [-0.3, -0.25) is 14.5 Å². The maximum Gasteiger partial charge on any atom is 0.251 e. The summed E-state index contributed by atoms with van der Waals surface area (Å²) in [5.74, 6) is 0.537. The highest BCUT2D eigenvalue weighted by molar-refractivity contribution is 7.91. The van der Waals surface area contributed by atoms with E-state index in [-0.39, 0.29) is 29.4 Å². The van der Waals surface area contributed by atoms with Crippen LogP contribution in [-0.4, -0.2) is 47.6 Å². The molecule has 2 amide bonds. The maximum absolute atomic E-state index is 12.7. The first-order chi connectivity index (χ1) is 16.3. The van der Waals surface area contributed by atoms with Crippen LogP contribution in [0.25, 0.3) is 11.3 Å². The molecule has 1 saturated heterocycles. The van der Waals surface area contributed by atoms with Crippen LogP contribution in [0.15, 0.2) is 54.6 Å². The summed E-state index contributed by atoms with van der Waals surface area (Å²) < 4.78 is 25.1. The van der Waals surface area contributed by atoms with Crippen molar-refractivity contribution in [2.75, 3.05) is 16.4 Å². The topological polar surface area (TPSA) is 101 Å². The van der Waals surface area contributed by atoms with Crippen LogP contribution in [0.3, 0.4) is 0 Å². The van der Waals surface area contributed by atoms with E-state index >= 15 is 0 Å². The lowest BCUT2D eigenvalue weighted by molar-refractivity contribution is -0.119. The van der Waals surface area contributed by atoms with E-state index in [1.54, 1.807) is 17.0 Å². The molecule has 2 aliphatic heterocycles. The Balaban J connectivity index is 1.30. The number of nitrogens with one attached hydrogen (secondary N) is 1. The second-order valence-corrected chi connectivity index (χ2v) is 11.3. The highest BCUT2D eigenvalue weighted by Crippen LogP contribution is 2.30. The Morgan fingerprint density at radius 1 is 1.12 bits per heavy atom. The van der Waals surface area contributed by atoms with Crippen molar-refractivity contribution in [1.82, 2.24) is 15.1 Å². The van der Waals surface area contributed by atoms with Gasteiger partial charge in [0.25, 0.3) is 5.91 Å². The number of carbonyl (C=O) groups is 2. The van der Waals surface area contributed by atoms with Crippen LogP contribution in [0, 0.1) is 0 Å². The highest BCUT2D eigenvalue weighted by atomic mass is 35.5.